The lowest BCUT2D eigenvalue weighted by Crippen LogP contribution is -1.91. The summed E-state index contributed by atoms with van der Waals surface area (Å²) >= 11 is 7.34. The van der Waals surface area contributed by atoms with Crippen LogP contribution in [0.5, 0.6) is 0 Å². The minimum absolute atomic E-state index is 0.596. The molecule has 0 amide bonds. The van der Waals surface area contributed by atoms with Gasteiger partial charge in [0.05, 0.1) is 27.6 Å². The van der Waals surface area contributed by atoms with Gasteiger partial charge in [0.15, 0.2) is 0 Å². The van der Waals surface area contributed by atoms with Crippen molar-refractivity contribution in [2.75, 3.05) is 5.73 Å². The molecule has 2 aromatic heterocycles. The largest absolute Gasteiger partial charge is 0.399 e. The van der Waals surface area contributed by atoms with Crippen LogP contribution in [0.25, 0.3) is 15.3 Å². The van der Waals surface area contributed by atoms with Crippen molar-refractivity contribution in [2.24, 2.45) is 0 Å². The molecule has 4 nitrogen and oxygen atoms in total. The summed E-state index contributed by atoms with van der Waals surface area (Å²) in [5.74, 6) is 0. The minimum Gasteiger partial charge on any atom is -0.399 e. The van der Waals surface area contributed by atoms with Gasteiger partial charge < -0.3 is 5.73 Å². The Hall–Kier alpha value is -1.59. The SMILES string of the molecule is Nc1ccc2nc(-n3cc(Cl)cn3)sc2c1. The fourth-order valence-electron chi connectivity index (χ4n) is 1.43. The van der Waals surface area contributed by atoms with E-state index in [4.69, 9.17) is 17.3 Å². The minimum atomic E-state index is 0.596. The summed E-state index contributed by atoms with van der Waals surface area (Å²) in [6, 6.07) is 5.64. The molecule has 1 aromatic carbocycles. The van der Waals surface area contributed by atoms with E-state index in [2.05, 4.69) is 10.1 Å². The van der Waals surface area contributed by atoms with Gasteiger partial charge in [0.2, 0.25) is 5.13 Å². The van der Waals surface area contributed by atoms with Gasteiger partial charge in [0.25, 0.3) is 0 Å². The van der Waals surface area contributed by atoms with Crippen LogP contribution in [0.15, 0.2) is 30.6 Å². The van der Waals surface area contributed by atoms with E-state index in [0.29, 0.717) is 5.02 Å². The zero-order valence-corrected chi connectivity index (χ0v) is 9.66. The first-order chi connectivity index (χ1) is 7.72. The summed E-state index contributed by atoms with van der Waals surface area (Å²) in [5.41, 5.74) is 7.37. The zero-order valence-electron chi connectivity index (χ0n) is 8.09. The smallest absolute Gasteiger partial charge is 0.211 e. The van der Waals surface area contributed by atoms with E-state index in [1.54, 1.807) is 17.1 Å². The van der Waals surface area contributed by atoms with Gasteiger partial charge in [-0.3, -0.25) is 0 Å². The van der Waals surface area contributed by atoms with Gasteiger partial charge in [-0.05, 0) is 18.2 Å². The van der Waals surface area contributed by atoms with Crippen LogP contribution in [0.4, 0.5) is 5.69 Å². The second-order valence-electron chi connectivity index (χ2n) is 3.33. The summed E-state index contributed by atoms with van der Waals surface area (Å²) in [7, 11) is 0. The monoisotopic (exact) mass is 250 g/mol. The zero-order chi connectivity index (χ0) is 11.1. The second-order valence-corrected chi connectivity index (χ2v) is 4.77. The Morgan fingerprint density at radius 1 is 1.38 bits per heavy atom. The number of anilines is 1. The van der Waals surface area contributed by atoms with Crippen molar-refractivity contribution in [1.82, 2.24) is 14.8 Å². The molecule has 0 saturated carbocycles. The van der Waals surface area contributed by atoms with E-state index in [1.807, 2.05) is 18.2 Å². The van der Waals surface area contributed by atoms with Crippen LogP contribution in [-0.4, -0.2) is 14.8 Å². The number of thiazole rings is 1. The highest BCUT2D eigenvalue weighted by Crippen LogP contribution is 2.26. The molecule has 0 fully saturated rings. The van der Waals surface area contributed by atoms with Crippen LogP contribution < -0.4 is 5.73 Å². The molecule has 0 radical (unpaired) electrons. The normalized spacial score (nSPS) is 11.1. The molecule has 0 saturated heterocycles. The van der Waals surface area contributed by atoms with Crippen molar-refractivity contribution >= 4 is 38.8 Å². The number of nitrogens with two attached hydrogens (primary N) is 1. The van der Waals surface area contributed by atoms with E-state index < -0.39 is 0 Å². The van der Waals surface area contributed by atoms with Crippen molar-refractivity contribution in [3.8, 4) is 5.13 Å². The number of aromatic nitrogens is 3. The summed E-state index contributed by atoms with van der Waals surface area (Å²) < 4.78 is 2.70. The number of hydrogen-bond donors (Lipinski definition) is 1. The Morgan fingerprint density at radius 2 is 2.25 bits per heavy atom. The van der Waals surface area contributed by atoms with Gasteiger partial charge >= 0.3 is 0 Å². The van der Waals surface area contributed by atoms with Gasteiger partial charge in [-0.1, -0.05) is 22.9 Å². The highest BCUT2D eigenvalue weighted by Gasteiger charge is 2.06. The van der Waals surface area contributed by atoms with Gasteiger partial charge in [-0.15, -0.1) is 0 Å². The number of nitrogens with zero attached hydrogens (tertiary/aromatic N) is 3. The highest BCUT2D eigenvalue weighted by molar-refractivity contribution is 7.20. The Morgan fingerprint density at radius 3 is 3.00 bits per heavy atom. The quantitative estimate of drug-likeness (QED) is 0.676. The van der Waals surface area contributed by atoms with Gasteiger partial charge in [0.1, 0.15) is 0 Å². The average molecular weight is 251 g/mol. The maximum absolute atomic E-state index is 5.81. The predicted molar refractivity (Wildman–Crippen MR) is 66.2 cm³/mol. The lowest BCUT2D eigenvalue weighted by Gasteiger charge is -1.90. The van der Waals surface area contributed by atoms with Crippen molar-refractivity contribution < 1.29 is 0 Å². The Bertz CT molecular complexity index is 658. The molecule has 3 aromatic rings. The second kappa shape index (κ2) is 3.47. The number of hydrogen-bond acceptors (Lipinski definition) is 4. The number of rotatable bonds is 1. The molecule has 0 aliphatic carbocycles. The summed E-state index contributed by atoms with van der Waals surface area (Å²) in [6.45, 7) is 0. The third kappa shape index (κ3) is 1.54. The molecule has 80 valence electrons. The fourth-order valence-corrected chi connectivity index (χ4v) is 2.52. The number of halogens is 1. The number of fused-ring (bicyclic) bond motifs is 1. The lowest BCUT2D eigenvalue weighted by molar-refractivity contribution is 0.873. The van der Waals surface area contributed by atoms with Crippen molar-refractivity contribution in [2.45, 2.75) is 0 Å². The maximum Gasteiger partial charge on any atom is 0.211 e. The third-order valence-electron chi connectivity index (χ3n) is 2.15. The van der Waals surface area contributed by atoms with E-state index in [-0.39, 0.29) is 0 Å². The van der Waals surface area contributed by atoms with Crippen molar-refractivity contribution in [3.05, 3.63) is 35.6 Å². The van der Waals surface area contributed by atoms with Crippen LogP contribution in [0, 0.1) is 0 Å². The fraction of sp³-hybridized carbons (Fsp3) is 0. The van der Waals surface area contributed by atoms with Gasteiger partial charge in [-0.25, -0.2) is 9.67 Å². The summed E-state index contributed by atoms with van der Waals surface area (Å²) in [6.07, 6.45) is 3.31. The molecule has 16 heavy (non-hydrogen) atoms. The van der Waals surface area contributed by atoms with Crippen LogP contribution in [0.1, 0.15) is 0 Å². The number of nitrogen functional groups attached to an aromatic ring is 1. The molecule has 6 heteroatoms. The standard InChI is InChI=1S/C10H7ClN4S/c11-6-4-13-15(5-6)10-14-8-2-1-7(12)3-9(8)16-10/h1-5H,12H2. The number of benzene rings is 1. The predicted octanol–water partition coefficient (Wildman–Crippen LogP) is 2.72. The average Bonchev–Trinajstić information content (AvgIpc) is 2.83. The van der Waals surface area contributed by atoms with Gasteiger partial charge in [0, 0.05) is 5.69 Å². The summed E-state index contributed by atoms with van der Waals surface area (Å²) in [5, 5.41) is 5.49. The molecule has 2 heterocycles. The molecular weight excluding hydrogens is 244 g/mol. The Balaban J connectivity index is 2.18. The van der Waals surface area contributed by atoms with Crippen molar-refractivity contribution in [3.63, 3.8) is 0 Å². The third-order valence-corrected chi connectivity index (χ3v) is 3.35. The Labute approximate surface area is 100 Å². The van der Waals surface area contributed by atoms with Crippen LogP contribution >= 0.6 is 22.9 Å². The molecule has 0 aliphatic heterocycles. The molecule has 0 spiro atoms. The van der Waals surface area contributed by atoms with Crippen LogP contribution in [0.3, 0.4) is 0 Å². The maximum atomic E-state index is 5.81. The van der Waals surface area contributed by atoms with E-state index >= 15 is 0 Å². The van der Waals surface area contributed by atoms with Crippen LogP contribution in [0.2, 0.25) is 5.02 Å². The molecule has 0 bridgehead atoms. The summed E-state index contributed by atoms with van der Waals surface area (Å²) in [4.78, 5) is 4.44. The molecule has 2 N–H and O–H groups in total. The van der Waals surface area contributed by atoms with E-state index in [9.17, 15) is 0 Å². The van der Waals surface area contributed by atoms with Gasteiger partial charge in [-0.2, -0.15) is 5.10 Å². The van der Waals surface area contributed by atoms with E-state index in [1.165, 1.54) is 11.3 Å². The first-order valence-corrected chi connectivity index (χ1v) is 5.78. The molecule has 3 rings (SSSR count). The topological polar surface area (TPSA) is 56.7 Å². The molecule has 0 aliphatic rings. The highest BCUT2D eigenvalue weighted by atomic mass is 35.5. The molecule has 0 unspecified atom stereocenters. The lowest BCUT2D eigenvalue weighted by atomic mass is 10.3. The first-order valence-electron chi connectivity index (χ1n) is 4.59. The van der Waals surface area contributed by atoms with Crippen LogP contribution in [-0.2, 0) is 0 Å². The Kier molecular flexibility index (Phi) is 2.08. The molecule has 0 atom stereocenters. The van der Waals surface area contributed by atoms with E-state index in [0.717, 1.165) is 21.0 Å². The molecular formula is C10H7ClN4S. The first kappa shape index (κ1) is 9.62. The van der Waals surface area contributed by atoms with Crippen molar-refractivity contribution in [1.29, 1.82) is 0 Å².